The van der Waals surface area contributed by atoms with Crippen LogP contribution in [-0.2, 0) is 63.0 Å². The van der Waals surface area contributed by atoms with Crippen molar-refractivity contribution in [3.63, 3.8) is 0 Å². The van der Waals surface area contributed by atoms with Gasteiger partial charge in [0.25, 0.3) is 0 Å². The van der Waals surface area contributed by atoms with Gasteiger partial charge in [-0.05, 0) is 55.3 Å². The standard InChI is InChI=1S/2C21H18ClF3N4O5S/c1-2-34-20(31)16-7-13(8-26)18(27-17(16)21(23,24)25)29-9-14(10-29)19(30)28-35(32,33)11-12-4-3-5-15(22)6-12;1-2-34-20(31)15-7-13(8-26)18(27-17(15)21(23,24)25)29-9-14(10-29)19(30)28-35(32,33)11-12-5-3-4-6-16(12)22/h2*3-7,14H,2,9-11H2,1H3,(H,28,30). The number of pyridine rings is 2. The molecule has 0 radical (unpaired) electrons. The topological polar surface area (TPSA) is 259 Å². The smallest absolute Gasteiger partial charge is 0.434 e. The van der Waals surface area contributed by atoms with E-state index in [0.29, 0.717) is 10.6 Å². The van der Waals surface area contributed by atoms with E-state index in [1.165, 1.54) is 47.9 Å². The highest BCUT2D eigenvalue weighted by molar-refractivity contribution is 7.89. The number of nitrogens with zero attached hydrogens (tertiary/aromatic N) is 6. The number of esters is 2. The van der Waals surface area contributed by atoms with Crippen LogP contribution in [0.4, 0.5) is 38.0 Å². The van der Waals surface area contributed by atoms with Crippen molar-refractivity contribution < 1.29 is 71.8 Å². The van der Waals surface area contributed by atoms with E-state index in [2.05, 4.69) is 19.4 Å². The summed E-state index contributed by atoms with van der Waals surface area (Å²) in [4.78, 5) is 58.2. The van der Waals surface area contributed by atoms with Crippen LogP contribution in [0.2, 0.25) is 10.0 Å². The molecule has 2 saturated heterocycles. The summed E-state index contributed by atoms with van der Waals surface area (Å²) in [7, 11) is -8.15. The molecule has 0 aliphatic carbocycles. The molecule has 2 amide bonds. The number of hydrogen-bond donors (Lipinski definition) is 2. The van der Waals surface area contributed by atoms with Crippen LogP contribution in [0.3, 0.4) is 0 Å². The molecule has 4 aromatic rings. The average Bonchev–Trinajstić information content (AvgIpc) is 3.22. The van der Waals surface area contributed by atoms with Gasteiger partial charge in [-0.1, -0.05) is 53.5 Å². The fourth-order valence-electron chi connectivity index (χ4n) is 6.66. The van der Waals surface area contributed by atoms with E-state index in [4.69, 9.17) is 23.2 Å². The lowest BCUT2D eigenvalue weighted by molar-refractivity contribution is -0.142. The molecule has 0 bridgehead atoms. The quantitative estimate of drug-likeness (QED) is 0.112. The summed E-state index contributed by atoms with van der Waals surface area (Å²) < 4.78 is 144. The van der Waals surface area contributed by atoms with E-state index >= 15 is 0 Å². The molecular weight excluding hydrogens is 1030 g/mol. The van der Waals surface area contributed by atoms with Crippen LogP contribution >= 0.6 is 23.2 Å². The van der Waals surface area contributed by atoms with Crippen molar-refractivity contribution in [2.24, 2.45) is 11.8 Å². The fourth-order valence-corrected chi connectivity index (χ4v) is 9.53. The molecule has 2 aromatic heterocycles. The molecule has 0 unspecified atom stereocenters. The third kappa shape index (κ3) is 13.5. The number of anilines is 2. The molecule has 0 atom stereocenters. The second-order valence-electron chi connectivity index (χ2n) is 15.0. The van der Waals surface area contributed by atoms with Crippen LogP contribution in [0.1, 0.15) is 68.2 Å². The number of nitrogens with one attached hydrogen (secondary N) is 2. The summed E-state index contributed by atoms with van der Waals surface area (Å²) >= 11 is 11.8. The Morgan fingerprint density at radius 1 is 0.686 bits per heavy atom. The highest BCUT2D eigenvalue weighted by Crippen LogP contribution is 2.38. The van der Waals surface area contributed by atoms with Crippen molar-refractivity contribution in [2.75, 3.05) is 49.2 Å². The summed E-state index contributed by atoms with van der Waals surface area (Å²) in [6, 6.07) is 17.1. The second kappa shape index (κ2) is 21.9. The van der Waals surface area contributed by atoms with E-state index in [1.807, 2.05) is 9.44 Å². The molecule has 70 heavy (non-hydrogen) atoms. The number of hydrogen-bond acceptors (Lipinski definition) is 16. The van der Waals surface area contributed by atoms with Crippen LogP contribution in [0.15, 0.2) is 60.7 Å². The molecule has 2 aliphatic heterocycles. The SMILES string of the molecule is CCOC(=O)c1cc(C#N)c(N2CC(C(=O)NS(=O)(=O)Cc3cccc(Cl)c3)C2)nc1C(F)(F)F.CCOC(=O)c1cc(C#N)c(N2CC(C(=O)NS(=O)(=O)Cc3ccccc3Cl)C2)nc1C(F)(F)F. The monoisotopic (exact) mass is 1060 g/mol. The van der Waals surface area contributed by atoms with Gasteiger partial charge in [-0.25, -0.2) is 36.4 Å². The number of amides is 2. The van der Waals surface area contributed by atoms with Gasteiger partial charge in [0.2, 0.25) is 31.9 Å². The van der Waals surface area contributed by atoms with E-state index in [1.54, 1.807) is 36.4 Å². The number of sulfonamides is 2. The van der Waals surface area contributed by atoms with Gasteiger partial charge in [-0.2, -0.15) is 36.9 Å². The van der Waals surface area contributed by atoms with Crippen LogP contribution in [0.5, 0.6) is 0 Å². The third-order valence-electron chi connectivity index (χ3n) is 9.94. The Balaban J connectivity index is 0.000000261. The minimum atomic E-state index is -5.01. The van der Waals surface area contributed by atoms with E-state index in [-0.39, 0.29) is 72.7 Å². The zero-order chi connectivity index (χ0) is 51.9. The molecule has 2 N–H and O–H groups in total. The predicted molar refractivity (Wildman–Crippen MR) is 236 cm³/mol. The van der Waals surface area contributed by atoms with Crippen molar-refractivity contribution >= 4 is 78.6 Å². The average molecular weight is 1060 g/mol. The zero-order valence-corrected chi connectivity index (χ0v) is 39.3. The molecule has 2 aliphatic rings. The largest absolute Gasteiger partial charge is 0.462 e. The van der Waals surface area contributed by atoms with Crippen LogP contribution in [-0.4, -0.2) is 89.9 Å². The molecule has 372 valence electrons. The Morgan fingerprint density at radius 2 is 1.11 bits per heavy atom. The minimum Gasteiger partial charge on any atom is -0.462 e. The van der Waals surface area contributed by atoms with E-state index in [9.17, 15) is 72.9 Å². The van der Waals surface area contributed by atoms with Gasteiger partial charge in [0.1, 0.15) is 23.8 Å². The molecule has 6 rings (SSSR count). The molecule has 2 aromatic carbocycles. The van der Waals surface area contributed by atoms with Crippen molar-refractivity contribution in [3.05, 3.63) is 115 Å². The highest BCUT2D eigenvalue weighted by atomic mass is 35.5. The van der Waals surface area contributed by atoms with Gasteiger partial charge in [-0.3, -0.25) is 19.0 Å². The molecule has 28 heteroatoms. The van der Waals surface area contributed by atoms with Crippen molar-refractivity contribution in [2.45, 2.75) is 37.7 Å². The summed E-state index contributed by atoms with van der Waals surface area (Å²) in [5.74, 6) is -7.82. The highest BCUT2D eigenvalue weighted by Gasteiger charge is 2.44. The van der Waals surface area contributed by atoms with Gasteiger partial charge in [0.15, 0.2) is 11.4 Å². The first-order chi connectivity index (χ1) is 32.7. The number of halogens is 8. The number of alkyl halides is 6. The maximum absolute atomic E-state index is 13.5. The molecule has 2 fully saturated rings. The lowest BCUT2D eigenvalue weighted by Gasteiger charge is -2.39. The number of nitriles is 2. The van der Waals surface area contributed by atoms with E-state index in [0.717, 1.165) is 12.1 Å². The summed E-state index contributed by atoms with van der Waals surface area (Å²) in [5.41, 5.74) is -4.87. The van der Waals surface area contributed by atoms with Gasteiger partial charge >= 0.3 is 24.3 Å². The number of aromatic nitrogens is 2. The Kier molecular flexibility index (Phi) is 17.0. The number of carbonyl (C=O) groups is 4. The maximum atomic E-state index is 13.5. The normalized spacial score (nSPS) is 14.1. The van der Waals surface area contributed by atoms with Crippen LogP contribution in [0, 0.1) is 34.5 Å². The molecule has 0 spiro atoms. The number of ether oxygens (including phenoxy) is 2. The van der Waals surface area contributed by atoms with Gasteiger partial charge < -0.3 is 19.3 Å². The van der Waals surface area contributed by atoms with Crippen LogP contribution in [0.25, 0.3) is 0 Å². The number of benzene rings is 2. The molecule has 18 nitrogen and oxygen atoms in total. The third-order valence-corrected chi connectivity index (χ3v) is 13.0. The predicted octanol–water partition coefficient (Wildman–Crippen LogP) is 5.77. The second-order valence-corrected chi connectivity index (χ2v) is 19.3. The summed E-state index contributed by atoms with van der Waals surface area (Å²) in [6.07, 6.45) is -10.0. The maximum Gasteiger partial charge on any atom is 0.434 e. The van der Waals surface area contributed by atoms with Crippen LogP contribution < -0.4 is 19.2 Å². The minimum absolute atomic E-state index is 0.178. The Labute approximate surface area is 405 Å². The Bertz CT molecular complexity index is 3010. The first kappa shape index (κ1) is 54.2. The van der Waals surface area contributed by atoms with Gasteiger partial charge in [0.05, 0.1) is 58.8 Å². The lowest BCUT2D eigenvalue weighted by Crippen LogP contribution is -2.55. The van der Waals surface area contributed by atoms with Gasteiger partial charge in [-0.15, -0.1) is 0 Å². The first-order valence-corrected chi connectivity index (χ1v) is 24.2. The summed E-state index contributed by atoms with van der Waals surface area (Å²) in [6.45, 7) is 1.73. The lowest BCUT2D eigenvalue weighted by atomic mass is 9.98. The van der Waals surface area contributed by atoms with Crippen molar-refractivity contribution in [1.82, 2.24) is 19.4 Å². The molecular formula is C42H36Cl2F6N8O10S2. The zero-order valence-electron chi connectivity index (χ0n) is 36.2. The summed E-state index contributed by atoms with van der Waals surface area (Å²) in [5, 5.41) is 19.3. The molecule has 4 heterocycles. The van der Waals surface area contributed by atoms with E-state index < -0.39 is 102 Å². The first-order valence-electron chi connectivity index (χ1n) is 20.2. The fraction of sp³-hybridized carbons (Fsp3) is 0.333. The molecule has 0 saturated carbocycles. The Hall–Kier alpha value is -6.74. The van der Waals surface area contributed by atoms with Crippen molar-refractivity contribution in [1.29, 1.82) is 10.5 Å². The van der Waals surface area contributed by atoms with Crippen molar-refractivity contribution in [3.8, 4) is 12.1 Å². The van der Waals surface area contributed by atoms with Gasteiger partial charge in [0, 0.05) is 36.2 Å². The Morgan fingerprint density at radius 3 is 1.50 bits per heavy atom. The number of carbonyl (C=O) groups excluding carboxylic acids is 4. The number of rotatable bonds is 14.